The molecular formula is C22H24N2. The Morgan fingerprint density at radius 2 is 1.58 bits per heavy atom. The van der Waals surface area contributed by atoms with Gasteiger partial charge in [-0.1, -0.05) is 48.0 Å². The smallest absolute Gasteiger partial charge is 0.121 e. The molecule has 0 aromatic heterocycles. The van der Waals surface area contributed by atoms with E-state index in [4.69, 9.17) is 0 Å². The topological polar surface area (TPSA) is 6.48 Å². The second-order valence-electron chi connectivity index (χ2n) is 6.88. The molecule has 0 N–H and O–H groups in total. The van der Waals surface area contributed by atoms with E-state index in [0.29, 0.717) is 0 Å². The largest absolute Gasteiger partial charge is 0.332 e. The van der Waals surface area contributed by atoms with E-state index in [2.05, 4.69) is 85.4 Å². The molecule has 0 spiro atoms. The molecule has 2 aromatic carbocycles. The van der Waals surface area contributed by atoms with E-state index in [1.807, 2.05) is 0 Å². The number of nitrogens with zero attached hydrogens (tertiary/aromatic N) is 2. The van der Waals surface area contributed by atoms with Crippen molar-refractivity contribution in [3.8, 4) is 0 Å². The van der Waals surface area contributed by atoms with Crippen molar-refractivity contribution in [3.05, 3.63) is 82.9 Å². The van der Waals surface area contributed by atoms with Crippen LogP contribution < -0.4 is 4.90 Å². The summed E-state index contributed by atoms with van der Waals surface area (Å²) in [6, 6.07) is 15.4. The molecule has 0 bridgehead atoms. The fourth-order valence-corrected chi connectivity index (χ4v) is 4.11. The van der Waals surface area contributed by atoms with Gasteiger partial charge < -0.3 is 9.80 Å². The van der Waals surface area contributed by atoms with E-state index in [1.54, 1.807) is 0 Å². The second-order valence-corrected chi connectivity index (χ2v) is 6.88. The zero-order valence-electron chi connectivity index (χ0n) is 14.7. The minimum Gasteiger partial charge on any atom is -0.332 e. The highest BCUT2D eigenvalue weighted by molar-refractivity contribution is 5.78. The maximum absolute atomic E-state index is 2.41. The summed E-state index contributed by atoms with van der Waals surface area (Å²) in [5.74, 6) is 1.34. The lowest BCUT2D eigenvalue weighted by Crippen LogP contribution is -2.29. The van der Waals surface area contributed by atoms with Crippen LogP contribution in [0.15, 0.2) is 60.7 Å². The third-order valence-electron chi connectivity index (χ3n) is 4.99. The second kappa shape index (κ2) is 5.86. The molecule has 0 aliphatic carbocycles. The summed E-state index contributed by atoms with van der Waals surface area (Å²) in [6.45, 7) is 7.71. The van der Waals surface area contributed by atoms with E-state index < -0.39 is 0 Å². The van der Waals surface area contributed by atoms with Gasteiger partial charge in [0.25, 0.3) is 0 Å². The maximum atomic E-state index is 2.41. The van der Waals surface area contributed by atoms with Gasteiger partial charge >= 0.3 is 0 Å². The van der Waals surface area contributed by atoms with Crippen LogP contribution in [0.4, 0.5) is 5.69 Å². The van der Waals surface area contributed by atoms with Crippen molar-refractivity contribution < 1.29 is 0 Å². The van der Waals surface area contributed by atoms with E-state index in [1.165, 1.54) is 45.8 Å². The average Bonchev–Trinajstić information content (AvgIpc) is 2.99. The number of benzene rings is 2. The Morgan fingerprint density at radius 3 is 2.29 bits per heavy atom. The summed E-state index contributed by atoms with van der Waals surface area (Å²) in [6.07, 6.45) is 6.81. The molecule has 2 aromatic rings. The molecule has 0 amide bonds. The molecule has 4 rings (SSSR count). The third kappa shape index (κ3) is 2.43. The Balaban J connectivity index is 1.88. The van der Waals surface area contributed by atoms with E-state index in [-0.39, 0.29) is 0 Å². The Morgan fingerprint density at radius 1 is 0.875 bits per heavy atom. The molecule has 2 aliphatic heterocycles. The highest BCUT2D eigenvalue weighted by atomic mass is 15.4. The first-order valence-corrected chi connectivity index (χ1v) is 8.76. The van der Waals surface area contributed by atoms with Gasteiger partial charge in [0.1, 0.15) is 5.82 Å². The first-order chi connectivity index (χ1) is 11.6. The summed E-state index contributed by atoms with van der Waals surface area (Å²) in [5, 5.41) is 0. The van der Waals surface area contributed by atoms with Gasteiger partial charge in [0.2, 0.25) is 0 Å². The van der Waals surface area contributed by atoms with Crippen LogP contribution in [0.5, 0.6) is 0 Å². The fraction of sp³-hybridized carbons (Fsp3) is 0.273. The molecular weight excluding hydrogens is 292 g/mol. The van der Waals surface area contributed by atoms with Gasteiger partial charge in [0.05, 0.1) is 5.69 Å². The number of hydrogen-bond donors (Lipinski definition) is 0. The highest BCUT2D eigenvalue weighted by Crippen LogP contribution is 2.40. The van der Waals surface area contributed by atoms with Crippen LogP contribution in [0, 0.1) is 20.8 Å². The monoisotopic (exact) mass is 316 g/mol. The lowest BCUT2D eigenvalue weighted by molar-refractivity contribution is 0.446. The number of anilines is 1. The van der Waals surface area contributed by atoms with Crippen molar-refractivity contribution in [2.45, 2.75) is 33.6 Å². The first kappa shape index (κ1) is 15.1. The lowest BCUT2D eigenvalue weighted by atomic mass is 9.97. The van der Waals surface area contributed by atoms with Crippen molar-refractivity contribution in [1.29, 1.82) is 0 Å². The normalized spacial score (nSPS) is 16.8. The molecule has 0 saturated heterocycles. The maximum Gasteiger partial charge on any atom is 0.121 e. The number of fused-ring (bicyclic) bond motifs is 1. The number of aryl methyl sites for hydroxylation is 3. The minimum absolute atomic E-state index is 1.10. The average molecular weight is 316 g/mol. The molecule has 0 atom stereocenters. The Hall–Kier alpha value is -2.48. The molecule has 24 heavy (non-hydrogen) atoms. The Kier molecular flexibility index (Phi) is 3.68. The molecule has 2 heterocycles. The van der Waals surface area contributed by atoms with Crippen molar-refractivity contribution in [1.82, 2.24) is 4.90 Å². The van der Waals surface area contributed by atoms with Gasteiger partial charge in [-0.05, 0) is 50.3 Å². The standard InChI is InChI=1S/C22H24N2/c1-16-14-17(2)21(18(3)15-16)24-13-12-23-11-7-10-20(22(23)24)19-8-5-4-6-9-19/h4-6,8-9,12-15H,7,10-11H2,1-3H3. The lowest BCUT2D eigenvalue weighted by Gasteiger charge is -2.33. The molecule has 122 valence electrons. The van der Waals surface area contributed by atoms with Crippen molar-refractivity contribution in [3.63, 3.8) is 0 Å². The van der Waals surface area contributed by atoms with Gasteiger partial charge in [-0.2, -0.15) is 0 Å². The van der Waals surface area contributed by atoms with Gasteiger partial charge in [-0.25, -0.2) is 0 Å². The third-order valence-corrected chi connectivity index (χ3v) is 4.99. The number of allylic oxidation sites excluding steroid dienone is 1. The van der Waals surface area contributed by atoms with E-state index in [0.717, 1.165) is 13.0 Å². The molecule has 2 heteroatoms. The Bertz CT molecular complexity index is 807. The summed E-state index contributed by atoms with van der Waals surface area (Å²) in [4.78, 5) is 4.80. The molecule has 0 radical (unpaired) electrons. The quantitative estimate of drug-likeness (QED) is 0.735. The van der Waals surface area contributed by atoms with Gasteiger partial charge in [-0.15, -0.1) is 0 Å². The van der Waals surface area contributed by atoms with Gasteiger partial charge in [0.15, 0.2) is 0 Å². The predicted octanol–water partition coefficient (Wildman–Crippen LogP) is 5.37. The van der Waals surface area contributed by atoms with Crippen LogP contribution >= 0.6 is 0 Å². The van der Waals surface area contributed by atoms with Gasteiger partial charge in [0, 0.05) is 24.5 Å². The predicted molar refractivity (Wildman–Crippen MR) is 102 cm³/mol. The van der Waals surface area contributed by atoms with Crippen LogP contribution in [0.2, 0.25) is 0 Å². The summed E-state index contributed by atoms with van der Waals surface area (Å²) >= 11 is 0. The van der Waals surface area contributed by atoms with Crippen LogP contribution in [0.3, 0.4) is 0 Å². The molecule has 0 unspecified atom stereocenters. The molecule has 2 aliphatic rings. The number of hydrogen-bond acceptors (Lipinski definition) is 2. The SMILES string of the molecule is Cc1cc(C)c(N2C=CN3CCCC(c4ccccc4)=C32)c(C)c1. The summed E-state index contributed by atoms with van der Waals surface area (Å²) in [5.41, 5.74) is 8.12. The number of rotatable bonds is 2. The zero-order valence-corrected chi connectivity index (χ0v) is 14.7. The van der Waals surface area contributed by atoms with Crippen molar-refractivity contribution >= 4 is 11.3 Å². The van der Waals surface area contributed by atoms with E-state index >= 15 is 0 Å². The van der Waals surface area contributed by atoms with Crippen molar-refractivity contribution in [2.24, 2.45) is 0 Å². The fourth-order valence-electron chi connectivity index (χ4n) is 4.11. The van der Waals surface area contributed by atoms with Crippen LogP contribution in [-0.4, -0.2) is 11.4 Å². The summed E-state index contributed by atoms with van der Waals surface area (Å²) in [7, 11) is 0. The van der Waals surface area contributed by atoms with Crippen LogP contribution in [0.1, 0.15) is 35.1 Å². The molecule has 2 nitrogen and oxygen atoms in total. The van der Waals surface area contributed by atoms with Crippen LogP contribution in [-0.2, 0) is 0 Å². The molecule has 0 fully saturated rings. The zero-order chi connectivity index (χ0) is 16.7. The van der Waals surface area contributed by atoms with Crippen LogP contribution in [0.25, 0.3) is 5.57 Å². The van der Waals surface area contributed by atoms with Crippen molar-refractivity contribution in [2.75, 3.05) is 11.4 Å². The minimum atomic E-state index is 1.10. The highest BCUT2D eigenvalue weighted by Gasteiger charge is 2.29. The van der Waals surface area contributed by atoms with E-state index in [9.17, 15) is 0 Å². The Labute approximate surface area is 144 Å². The summed E-state index contributed by atoms with van der Waals surface area (Å²) < 4.78 is 0. The van der Waals surface area contributed by atoms with Gasteiger partial charge in [-0.3, -0.25) is 0 Å². The molecule has 0 saturated carbocycles. The first-order valence-electron chi connectivity index (χ1n) is 8.76.